The number of hydrogen-bond donors (Lipinski definition) is 0. The van der Waals surface area contributed by atoms with Crippen molar-refractivity contribution in [3.05, 3.63) is 35.9 Å². The van der Waals surface area contributed by atoms with Gasteiger partial charge in [0, 0.05) is 13.0 Å². The zero-order valence-electron chi connectivity index (χ0n) is 9.16. The highest BCUT2D eigenvalue weighted by molar-refractivity contribution is 6.54. The van der Waals surface area contributed by atoms with E-state index in [1.807, 2.05) is 6.07 Å². The van der Waals surface area contributed by atoms with E-state index in [9.17, 15) is 8.78 Å². The van der Waals surface area contributed by atoms with Gasteiger partial charge in [-0.15, -0.1) is 0 Å². The van der Waals surface area contributed by atoms with Crippen LogP contribution in [0.4, 0.5) is 8.78 Å². The maximum atomic E-state index is 13.9. The van der Waals surface area contributed by atoms with Crippen LogP contribution in [0.5, 0.6) is 0 Å². The van der Waals surface area contributed by atoms with E-state index in [2.05, 4.69) is 0 Å². The van der Waals surface area contributed by atoms with Crippen LogP contribution in [0.2, 0.25) is 6.04 Å². The highest BCUT2D eigenvalue weighted by Gasteiger charge is 2.43. The van der Waals surface area contributed by atoms with E-state index < -0.39 is 14.6 Å². The Morgan fingerprint density at radius 1 is 1.19 bits per heavy atom. The average molecular weight is 242 g/mol. The van der Waals surface area contributed by atoms with Crippen molar-refractivity contribution in [2.75, 3.05) is 6.61 Å². The fourth-order valence-electron chi connectivity index (χ4n) is 2.06. The summed E-state index contributed by atoms with van der Waals surface area (Å²) in [5.74, 6) is 0. The first kappa shape index (κ1) is 11.7. The quantitative estimate of drug-likeness (QED) is 0.741. The molecule has 16 heavy (non-hydrogen) atoms. The molecule has 1 heterocycles. The van der Waals surface area contributed by atoms with E-state index in [1.54, 1.807) is 24.3 Å². The van der Waals surface area contributed by atoms with E-state index in [0.29, 0.717) is 18.2 Å². The molecule has 1 nitrogen and oxygen atoms in total. The van der Waals surface area contributed by atoms with Crippen LogP contribution >= 0.6 is 0 Å². The number of benzene rings is 1. The second kappa shape index (κ2) is 5.06. The Hall–Kier alpha value is -0.743. The van der Waals surface area contributed by atoms with Crippen LogP contribution in [-0.4, -0.2) is 21.2 Å². The normalized spacial score (nSPS) is 22.0. The van der Waals surface area contributed by atoms with Gasteiger partial charge in [-0.3, -0.25) is 0 Å². The van der Waals surface area contributed by atoms with Crippen LogP contribution in [0.1, 0.15) is 18.4 Å². The van der Waals surface area contributed by atoms with E-state index in [4.69, 9.17) is 4.43 Å². The largest absolute Gasteiger partial charge is 0.413 e. The zero-order chi connectivity index (χ0) is 11.4. The molecule has 1 saturated heterocycles. The minimum atomic E-state index is -2.61. The van der Waals surface area contributed by atoms with Crippen molar-refractivity contribution in [3.8, 4) is 0 Å². The lowest BCUT2D eigenvalue weighted by Gasteiger charge is -2.28. The van der Waals surface area contributed by atoms with Crippen LogP contribution < -0.4 is 0 Å². The maximum absolute atomic E-state index is 13.9. The number of rotatable bonds is 3. The van der Waals surface area contributed by atoms with Gasteiger partial charge in [-0.2, -0.15) is 0 Å². The minimum absolute atomic E-state index is 0.162. The lowest BCUT2D eigenvalue weighted by Crippen LogP contribution is -2.44. The predicted octanol–water partition coefficient (Wildman–Crippen LogP) is 2.94. The predicted molar refractivity (Wildman–Crippen MR) is 62.2 cm³/mol. The Morgan fingerprint density at radius 2 is 1.94 bits per heavy atom. The molecule has 0 amide bonds. The van der Waals surface area contributed by atoms with Crippen molar-refractivity contribution >= 4 is 9.04 Å². The van der Waals surface area contributed by atoms with Crippen molar-refractivity contribution in [1.82, 2.24) is 0 Å². The van der Waals surface area contributed by atoms with Crippen molar-refractivity contribution in [1.29, 1.82) is 0 Å². The Morgan fingerprint density at radius 3 is 2.56 bits per heavy atom. The molecule has 0 spiro atoms. The molecule has 0 radical (unpaired) electrons. The molecule has 1 fully saturated rings. The molecule has 1 aromatic rings. The Balaban J connectivity index is 2.01. The summed E-state index contributed by atoms with van der Waals surface area (Å²) in [6, 6.07) is 9.57. The van der Waals surface area contributed by atoms with Crippen molar-refractivity contribution in [3.63, 3.8) is 0 Å². The second-order valence-corrected chi connectivity index (χ2v) is 7.01. The molecule has 2 rings (SSSR count). The van der Waals surface area contributed by atoms with E-state index in [0.717, 1.165) is 12.8 Å². The van der Waals surface area contributed by atoms with Gasteiger partial charge in [0.2, 0.25) is 0 Å². The maximum Gasteiger partial charge on any atom is 0.258 e. The fourth-order valence-corrected chi connectivity index (χ4v) is 4.46. The monoisotopic (exact) mass is 242 g/mol. The molecule has 88 valence electrons. The topological polar surface area (TPSA) is 9.23 Å². The Bertz CT molecular complexity index is 323. The first-order chi connectivity index (χ1) is 7.68. The van der Waals surface area contributed by atoms with E-state index >= 15 is 0 Å². The average Bonchev–Trinajstić information content (AvgIpc) is 2.31. The third-order valence-electron chi connectivity index (χ3n) is 2.93. The van der Waals surface area contributed by atoms with Crippen LogP contribution in [0.15, 0.2) is 30.3 Å². The van der Waals surface area contributed by atoms with Gasteiger partial charge in [-0.25, -0.2) is 8.78 Å². The van der Waals surface area contributed by atoms with Gasteiger partial charge in [0.1, 0.15) is 0 Å². The first-order valence-electron chi connectivity index (χ1n) is 5.72. The molecule has 0 bridgehead atoms. The molecule has 1 aliphatic rings. The third kappa shape index (κ3) is 2.89. The van der Waals surface area contributed by atoms with Crippen molar-refractivity contribution in [2.45, 2.75) is 30.9 Å². The van der Waals surface area contributed by atoms with Gasteiger partial charge in [-0.1, -0.05) is 36.8 Å². The summed E-state index contributed by atoms with van der Waals surface area (Å²) in [6.07, 6.45) is 1.68. The van der Waals surface area contributed by atoms with Gasteiger partial charge in [0.25, 0.3) is 14.6 Å². The van der Waals surface area contributed by atoms with Gasteiger partial charge >= 0.3 is 0 Å². The molecule has 0 aliphatic carbocycles. The van der Waals surface area contributed by atoms with Crippen LogP contribution in [0.25, 0.3) is 0 Å². The molecule has 0 saturated carbocycles. The molecule has 4 heteroatoms. The first-order valence-corrected chi connectivity index (χ1v) is 7.58. The summed E-state index contributed by atoms with van der Waals surface area (Å²) in [5.41, 5.74) is -1.91. The summed E-state index contributed by atoms with van der Waals surface area (Å²) in [4.78, 5) is 0. The van der Waals surface area contributed by atoms with Gasteiger partial charge in [0.05, 0.1) is 0 Å². The van der Waals surface area contributed by atoms with Crippen molar-refractivity contribution < 1.29 is 13.2 Å². The number of halogens is 2. The SMILES string of the molecule is FC(F)(Cc1ccccc1)[SiH]1CCCCO1. The molecule has 0 aromatic heterocycles. The summed E-state index contributed by atoms with van der Waals surface area (Å²) in [6.45, 7) is 0.529. The smallest absolute Gasteiger partial charge is 0.258 e. The van der Waals surface area contributed by atoms with Crippen LogP contribution in [-0.2, 0) is 10.8 Å². The fraction of sp³-hybridized carbons (Fsp3) is 0.500. The lowest BCUT2D eigenvalue weighted by molar-refractivity contribution is 0.0564. The molecule has 1 aliphatic heterocycles. The summed E-state index contributed by atoms with van der Waals surface area (Å²) >= 11 is 0. The van der Waals surface area contributed by atoms with E-state index in [-0.39, 0.29) is 6.42 Å². The molecular weight excluding hydrogens is 226 g/mol. The molecule has 1 unspecified atom stereocenters. The third-order valence-corrected chi connectivity index (χ3v) is 5.65. The Labute approximate surface area is 96.2 Å². The summed E-state index contributed by atoms with van der Waals surface area (Å²) in [7, 11) is -2.34. The Kier molecular flexibility index (Phi) is 3.71. The summed E-state index contributed by atoms with van der Waals surface area (Å²) < 4.78 is 33.2. The molecular formula is C12H16F2OSi. The highest BCUT2D eigenvalue weighted by Crippen LogP contribution is 2.29. The molecule has 1 atom stereocenters. The van der Waals surface area contributed by atoms with Gasteiger partial charge in [-0.05, 0) is 18.0 Å². The minimum Gasteiger partial charge on any atom is -0.413 e. The second-order valence-electron chi connectivity index (χ2n) is 4.28. The zero-order valence-corrected chi connectivity index (χ0v) is 10.3. The van der Waals surface area contributed by atoms with Gasteiger partial charge in [0.15, 0.2) is 0 Å². The van der Waals surface area contributed by atoms with Crippen LogP contribution in [0, 0.1) is 0 Å². The number of hydrogen-bond acceptors (Lipinski definition) is 1. The highest BCUT2D eigenvalue weighted by atomic mass is 28.3. The van der Waals surface area contributed by atoms with Gasteiger partial charge < -0.3 is 4.43 Å². The van der Waals surface area contributed by atoms with Crippen LogP contribution in [0.3, 0.4) is 0 Å². The molecule has 0 N–H and O–H groups in total. The van der Waals surface area contributed by atoms with E-state index in [1.165, 1.54) is 0 Å². The lowest BCUT2D eigenvalue weighted by atomic mass is 10.2. The summed E-state index contributed by atoms with van der Waals surface area (Å²) in [5, 5.41) is 0. The standard InChI is InChI=1S/C12H16F2OSi/c13-12(14,16-9-5-4-8-15-16)10-11-6-2-1-3-7-11/h1-3,6-7,16H,4-5,8-10H2. The molecule has 1 aromatic carbocycles. The van der Waals surface area contributed by atoms with Crippen molar-refractivity contribution in [2.24, 2.45) is 0 Å². The number of alkyl halides is 2.